The average molecular weight is 321 g/mol. The zero-order valence-electron chi connectivity index (χ0n) is 14.2. The number of hydrogen-bond acceptors (Lipinski definition) is 2. The second kappa shape index (κ2) is 5.62. The van der Waals surface area contributed by atoms with E-state index in [0.717, 1.165) is 30.7 Å². The molecule has 0 radical (unpaired) electrons. The Hall–Kier alpha value is -2.36. The maximum atomic E-state index is 12.3. The van der Waals surface area contributed by atoms with Crippen molar-refractivity contribution in [1.82, 2.24) is 9.88 Å². The summed E-state index contributed by atoms with van der Waals surface area (Å²) < 4.78 is 2.12. The maximum absolute atomic E-state index is 12.3. The number of piperidine rings is 1. The molecule has 0 aliphatic carbocycles. The van der Waals surface area contributed by atoms with Crippen molar-refractivity contribution in [3.63, 3.8) is 0 Å². The second-order valence-electron chi connectivity index (χ2n) is 7.17. The number of nitrogens with zero attached hydrogens (tertiary/aromatic N) is 2. The van der Waals surface area contributed by atoms with Gasteiger partial charge in [-0.2, -0.15) is 0 Å². The number of amides is 1. The number of carbonyl (C=O) groups is 1. The van der Waals surface area contributed by atoms with Crippen LogP contribution in [0.15, 0.2) is 47.6 Å². The number of fused-ring (bicyclic) bond motifs is 1. The van der Waals surface area contributed by atoms with Crippen molar-refractivity contribution in [2.75, 3.05) is 13.1 Å². The van der Waals surface area contributed by atoms with Crippen LogP contribution >= 0.6 is 0 Å². The van der Waals surface area contributed by atoms with E-state index in [4.69, 9.17) is 4.99 Å². The highest BCUT2D eigenvalue weighted by Gasteiger charge is 2.42. The highest BCUT2D eigenvalue weighted by molar-refractivity contribution is 6.10. The van der Waals surface area contributed by atoms with E-state index in [1.54, 1.807) is 0 Å². The number of aliphatic imine (C=N–C) groups is 1. The fourth-order valence-corrected chi connectivity index (χ4v) is 3.89. The highest BCUT2D eigenvalue weighted by atomic mass is 16.2. The van der Waals surface area contributed by atoms with Crippen LogP contribution in [-0.2, 0) is 11.8 Å². The standard InChI is InChI=1S/C20H23N3O/c1-20(9-3-10-21-19(20)24)16-5-6-17(22-13-16)14-4-7-18-15(12-14)8-11-23(18)2/h4-8,11-12,16H,3,9-10,13H2,1-2H3,(H,21,24). The Kier molecular flexibility index (Phi) is 3.56. The molecule has 1 aromatic heterocycles. The molecule has 0 saturated carbocycles. The van der Waals surface area contributed by atoms with E-state index in [9.17, 15) is 4.79 Å². The average Bonchev–Trinajstić information content (AvgIpc) is 2.98. The summed E-state index contributed by atoms with van der Waals surface area (Å²) >= 11 is 0. The number of allylic oxidation sites excluding steroid dienone is 1. The first-order chi connectivity index (χ1) is 11.6. The molecule has 4 nitrogen and oxygen atoms in total. The highest BCUT2D eigenvalue weighted by Crippen LogP contribution is 2.37. The molecular formula is C20H23N3O. The first kappa shape index (κ1) is 15.2. The van der Waals surface area contributed by atoms with Crippen molar-refractivity contribution < 1.29 is 4.79 Å². The van der Waals surface area contributed by atoms with E-state index in [1.165, 1.54) is 10.9 Å². The van der Waals surface area contributed by atoms with Gasteiger partial charge in [0.25, 0.3) is 0 Å². The molecule has 1 fully saturated rings. The lowest BCUT2D eigenvalue weighted by Crippen LogP contribution is -2.49. The molecule has 3 heterocycles. The summed E-state index contributed by atoms with van der Waals surface area (Å²) in [5.74, 6) is 0.356. The van der Waals surface area contributed by atoms with Crippen LogP contribution in [0.3, 0.4) is 0 Å². The van der Waals surface area contributed by atoms with E-state index in [-0.39, 0.29) is 17.2 Å². The van der Waals surface area contributed by atoms with Crippen molar-refractivity contribution in [1.29, 1.82) is 0 Å². The number of benzene rings is 1. The Balaban J connectivity index is 1.58. The fourth-order valence-electron chi connectivity index (χ4n) is 3.89. The number of aromatic nitrogens is 1. The Morgan fingerprint density at radius 1 is 1.33 bits per heavy atom. The molecule has 2 aliphatic heterocycles. The van der Waals surface area contributed by atoms with Crippen LogP contribution in [0.4, 0.5) is 0 Å². The van der Waals surface area contributed by atoms with Crippen LogP contribution in [0.2, 0.25) is 0 Å². The number of hydrogen-bond donors (Lipinski definition) is 1. The summed E-state index contributed by atoms with van der Waals surface area (Å²) in [5.41, 5.74) is 3.05. The molecule has 24 heavy (non-hydrogen) atoms. The first-order valence-electron chi connectivity index (χ1n) is 8.64. The van der Waals surface area contributed by atoms with Crippen LogP contribution in [0.5, 0.6) is 0 Å². The molecule has 2 atom stereocenters. The van der Waals surface area contributed by atoms with Crippen molar-refractivity contribution >= 4 is 22.5 Å². The molecule has 0 spiro atoms. The Labute approximate surface area is 142 Å². The van der Waals surface area contributed by atoms with Gasteiger partial charge in [-0.05, 0) is 37.1 Å². The van der Waals surface area contributed by atoms with Crippen LogP contribution in [-0.4, -0.2) is 29.3 Å². The second-order valence-corrected chi connectivity index (χ2v) is 7.17. The molecule has 1 N–H and O–H groups in total. The minimum atomic E-state index is -0.326. The predicted molar refractivity (Wildman–Crippen MR) is 97.3 cm³/mol. The number of rotatable bonds is 2. The molecular weight excluding hydrogens is 298 g/mol. The molecule has 4 heteroatoms. The predicted octanol–water partition coefficient (Wildman–Crippen LogP) is 3.07. The van der Waals surface area contributed by atoms with E-state index in [0.29, 0.717) is 6.54 Å². The van der Waals surface area contributed by atoms with Crippen LogP contribution in [0.25, 0.3) is 10.9 Å². The van der Waals surface area contributed by atoms with Crippen molar-refractivity contribution in [3.8, 4) is 0 Å². The number of nitrogens with one attached hydrogen (secondary N) is 1. The van der Waals surface area contributed by atoms with Gasteiger partial charge in [0.05, 0.1) is 11.1 Å². The lowest BCUT2D eigenvalue weighted by atomic mass is 9.70. The minimum Gasteiger partial charge on any atom is -0.356 e. The molecule has 124 valence electrons. The van der Waals surface area contributed by atoms with Crippen molar-refractivity contribution in [2.24, 2.45) is 23.4 Å². The largest absolute Gasteiger partial charge is 0.356 e. The summed E-state index contributed by atoms with van der Waals surface area (Å²) in [5, 5.41) is 4.24. The van der Waals surface area contributed by atoms with Crippen molar-refractivity contribution in [2.45, 2.75) is 19.8 Å². The Morgan fingerprint density at radius 3 is 2.96 bits per heavy atom. The summed E-state index contributed by atoms with van der Waals surface area (Å²) in [6.45, 7) is 3.56. The quantitative estimate of drug-likeness (QED) is 0.908. The summed E-state index contributed by atoms with van der Waals surface area (Å²) in [6.07, 6.45) is 8.34. The van der Waals surface area contributed by atoms with Gasteiger partial charge in [-0.3, -0.25) is 9.79 Å². The lowest BCUT2D eigenvalue weighted by Gasteiger charge is -2.38. The number of dihydropyridines is 1. The van der Waals surface area contributed by atoms with Gasteiger partial charge in [-0.1, -0.05) is 19.1 Å². The molecule has 4 rings (SSSR count). The SMILES string of the molecule is Cn1ccc2cc(C3=NCC(C4(C)CCCNC4=O)C=C3)ccc21. The van der Waals surface area contributed by atoms with Gasteiger partial charge in [0.15, 0.2) is 0 Å². The number of carbonyl (C=O) groups excluding carboxylic acids is 1. The summed E-state index contributed by atoms with van der Waals surface area (Å²) in [7, 11) is 2.06. The van der Waals surface area contributed by atoms with Gasteiger partial charge in [0.2, 0.25) is 5.91 Å². The third kappa shape index (κ3) is 2.37. The molecule has 1 saturated heterocycles. The van der Waals surface area contributed by atoms with Gasteiger partial charge < -0.3 is 9.88 Å². The maximum Gasteiger partial charge on any atom is 0.226 e. The third-order valence-electron chi connectivity index (χ3n) is 5.62. The van der Waals surface area contributed by atoms with E-state index in [1.807, 2.05) is 0 Å². The summed E-state index contributed by atoms with van der Waals surface area (Å²) in [4.78, 5) is 17.1. The number of aryl methyl sites for hydroxylation is 1. The normalized spacial score (nSPS) is 27.2. The van der Waals surface area contributed by atoms with Gasteiger partial charge in [-0.15, -0.1) is 0 Å². The fraction of sp³-hybridized carbons (Fsp3) is 0.400. The van der Waals surface area contributed by atoms with Gasteiger partial charge >= 0.3 is 0 Å². The molecule has 2 aromatic rings. The smallest absolute Gasteiger partial charge is 0.226 e. The zero-order chi connectivity index (χ0) is 16.7. The van der Waals surface area contributed by atoms with E-state index in [2.05, 4.69) is 66.5 Å². The summed E-state index contributed by atoms with van der Waals surface area (Å²) in [6, 6.07) is 8.58. The molecule has 0 bridgehead atoms. The lowest BCUT2D eigenvalue weighted by molar-refractivity contribution is -0.134. The van der Waals surface area contributed by atoms with Crippen LogP contribution < -0.4 is 5.32 Å². The molecule has 2 aliphatic rings. The van der Waals surface area contributed by atoms with Gasteiger partial charge in [0, 0.05) is 48.7 Å². The first-order valence-corrected chi connectivity index (χ1v) is 8.64. The Bertz CT molecular complexity index is 861. The molecule has 1 aromatic carbocycles. The van der Waals surface area contributed by atoms with E-state index >= 15 is 0 Å². The van der Waals surface area contributed by atoms with Gasteiger partial charge in [-0.25, -0.2) is 0 Å². The minimum absolute atomic E-state index is 0.174. The monoisotopic (exact) mass is 321 g/mol. The molecule has 1 amide bonds. The molecule has 2 unspecified atom stereocenters. The van der Waals surface area contributed by atoms with Crippen molar-refractivity contribution in [3.05, 3.63) is 48.2 Å². The van der Waals surface area contributed by atoms with E-state index < -0.39 is 0 Å². The van der Waals surface area contributed by atoms with Crippen LogP contribution in [0.1, 0.15) is 25.3 Å². The Morgan fingerprint density at radius 2 is 2.21 bits per heavy atom. The topological polar surface area (TPSA) is 46.4 Å². The zero-order valence-corrected chi connectivity index (χ0v) is 14.2. The third-order valence-corrected chi connectivity index (χ3v) is 5.62. The van der Waals surface area contributed by atoms with Gasteiger partial charge in [0.1, 0.15) is 0 Å². The van der Waals surface area contributed by atoms with Crippen LogP contribution in [0, 0.1) is 11.3 Å².